The first-order valence-electron chi connectivity index (χ1n) is 7.93. The second-order valence-corrected chi connectivity index (χ2v) is 8.23. The third-order valence-electron chi connectivity index (χ3n) is 4.01. The summed E-state index contributed by atoms with van der Waals surface area (Å²) in [6, 6.07) is 0. The summed E-state index contributed by atoms with van der Waals surface area (Å²) in [5, 5.41) is 0. The molecule has 1 heterocycles. The van der Waals surface area contributed by atoms with Gasteiger partial charge in [0.1, 0.15) is 11.7 Å². The van der Waals surface area contributed by atoms with Crippen LogP contribution in [0.1, 0.15) is 55.4 Å². The zero-order valence-electron chi connectivity index (χ0n) is 15.5. The van der Waals surface area contributed by atoms with Gasteiger partial charge in [-0.25, -0.2) is 0 Å². The average Bonchev–Trinajstić information content (AvgIpc) is 2.97. The van der Waals surface area contributed by atoms with Gasteiger partial charge in [0.2, 0.25) is 0 Å². The predicted octanol–water partition coefficient (Wildman–Crippen LogP) is 3.50. The molecule has 0 aromatic heterocycles. The molecule has 1 aliphatic carbocycles. The molecule has 2 atom stereocenters. The van der Waals surface area contributed by atoms with Crippen LogP contribution in [0.25, 0.3) is 0 Å². The van der Waals surface area contributed by atoms with E-state index in [9.17, 15) is 0 Å². The summed E-state index contributed by atoms with van der Waals surface area (Å²) in [6.07, 6.45) is 6.69. The van der Waals surface area contributed by atoms with Crippen molar-refractivity contribution in [3.8, 4) is 0 Å². The molecule has 2 N–H and O–H groups in total. The number of hydrogen-bond donors (Lipinski definition) is 1. The molecule has 0 amide bonds. The Morgan fingerprint density at radius 1 is 1.18 bits per heavy atom. The van der Waals surface area contributed by atoms with Gasteiger partial charge in [-0.3, -0.25) is 4.90 Å². The Labute approximate surface area is 147 Å². The minimum absolute atomic E-state index is 0. The number of nitrogens with two attached hydrogens (primary N) is 1. The van der Waals surface area contributed by atoms with E-state index in [1.807, 2.05) is 0 Å². The van der Waals surface area contributed by atoms with Crippen molar-refractivity contribution in [3.05, 3.63) is 23.8 Å². The first-order valence-corrected chi connectivity index (χ1v) is 7.93. The third-order valence-corrected chi connectivity index (χ3v) is 4.01. The van der Waals surface area contributed by atoms with E-state index in [2.05, 4.69) is 78.5 Å². The van der Waals surface area contributed by atoms with Crippen molar-refractivity contribution in [2.45, 2.75) is 78.2 Å². The number of epoxide rings is 1. The van der Waals surface area contributed by atoms with Crippen molar-refractivity contribution < 1.29 is 21.8 Å². The summed E-state index contributed by atoms with van der Waals surface area (Å²) >= 11 is 0. The molecule has 133 valence electrons. The van der Waals surface area contributed by atoms with Crippen LogP contribution in [0.2, 0.25) is 0 Å². The van der Waals surface area contributed by atoms with Gasteiger partial charge in [0.25, 0.3) is 0 Å². The molecule has 1 saturated heterocycles. The van der Waals surface area contributed by atoms with Gasteiger partial charge in [-0.2, -0.15) is 0 Å². The first kappa shape index (κ1) is 21.9. The Morgan fingerprint density at radius 2 is 1.68 bits per heavy atom. The number of ether oxygens (including phenoxy) is 1. The monoisotopic (exact) mass is 357 g/mol. The van der Waals surface area contributed by atoms with E-state index in [4.69, 9.17) is 10.5 Å². The van der Waals surface area contributed by atoms with Gasteiger partial charge >= 0.3 is 0 Å². The number of rotatable bonds is 2. The smallest absolute Gasteiger partial charge is 0.115 e. The van der Waals surface area contributed by atoms with Gasteiger partial charge in [0, 0.05) is 41.2 Å². The van der Waals surface area contributed by atoms with Gasteiger partial charge in [0.05, 0.1) is 0 Å². The standard InChI is InChI=1S/C10H24N2.C8H10O.Cu/c1-9(2,3)12(8-7-11)10(4,5)6;1-6-4-3-5-8(2)7(6)9-8;/h7-8,11H2,1-6H3;3-5,7H,1-2H3;. The zero-order chi connectivity index (χ0) is 16.5. The van der Waals surface area contributed by atoms with E-state index < -0.39 is 0 Å². The summed E-state index contributed by atoms with van der Waals surface area (Å²) < 4.78 is 5.42. The Bertz CT molecular complexity index is 404. The number of allylic oxidation sites excluding steroid dienone is 2. The molecule has 1 radical (unpaired) electrons. The molecule has 0 aromatic carbocycles. The van der Waals surface area contributed by atoms with Crippen LogP contribution in [0.4, 0.5) is 0 Å². The molecule has 4 heteroatoms. The van der Waals surface area contributed by atoms with Crippen molar-refractivity contribution in [2.75, 3.05) is 13.1 Å². The SMILES string of the molecule is CC(C)(C)N(CCN)C(C)(C)C.CC1=CC=CC2(C)OC12.[Cu]. The minimum Gasteiger partial charge on any atom is -0.357 e. The molecular weight excluding hydrogens is 324 g/mol. The largest absolute Gasteiger partial charge is 0.357 e. The molecule has 22 heavy (non-hydrogen) atoms. The van der Waals surface area contributed by atoms with Crippen LogP contribution in [0.5, 0.6) is 0 Å². The van der Waals surface area contributed by atoms with Crippen LogP contribution < -0.4 is 5.73 Å². The molecule has 1 aliphatic heterocycles. The third kappa shape index (κ3) is 5.82. The second kappa shape index (κ2) is 7.63. The normalized spacial score (nSPS) is 26.5. The van der Waals surface area contributed by atoms with E-state index >= 15 is 0 Å². The Hall–Kier alpha value is -0.121. The maximum atomic E-state index is 5.58. The zero-order valence-corrected chi connectivity index (χ0v) is 16.4. The van der Waals surface area contributed by atoms with E-state index in [0.29, 0.717) is 6.10 Å². The van der Waals surface area contributed by atoms with Crippen LogP contribution in [-0.4, -0.2) is 40.8 Å². The van der Waals surface area contributed by atoms with Crippen LogP contribution in [0.15, 0.2) is 23.8 Å². The molecule has 3 nitrogen and oxygen atoms in total. The summed E-state index contributed by atoms with van der Waals surface area (Å²) in [7, 11) is 0. The van der Waals surface area contributed by atoms with E-state index in [1.165, 1.54) is 5.57 Å². The van der Waals surface area contributed by atoms with Gasteiger partial charge in [-0.05, 0) is 61.0 Å². The quantitative estimate of drug-likeness (QED) is 0.607. The molecular formula is C18H34CuN2O. The molecule has 1 fully saturated rings. The number of hydrogen-bond acceptors (Lipinski definition) is 3. The summed E-state index contributed by atoms with van der Waals surface area (Å²) in [5.74, 6) is 0. The summed E-state index contributed by atoms with van der Waals surface area (Å²) in [6.45, 7) is 19.3. The fourth-order valence-electron chi connectivity index (χ4n) is 3.18. The van der Waals surface area contributed by atoms with Gasteiger partial charge in [-0.1, -0.05) is 18.2 Å². The van der Waals surface area contributed by atoms with Crippen LogP contribution in [-0.2, 0) is 21.8 Å². The van der Waals surface area contributed by atoms with E-state index in [-0.39, 0.29) is 33.7 Å². The predicted molar refractivity (Wildman–Crippen MR) is 91.4 cm³/mol. The maximum absolute atomic E-state index is 5.58. The molecule has 0 spiro atoms. The molecule has 2 aliphatic rings. The van der Waals surface area contributed by atoms with Gasteiger partial charge in [0.15, 0.2) is 0 Å². The Kier molecular flexibility index (Phi) is 7.59. The number of nitrogens with zero attached hydrogens (tertiary/aromatic N) is 1. The fourth-order valence-corrected chi connectivity index (χ4v) is 3.18. The molecule has 0 saturated carbocycles. The van der Waals surface area contributed by atoms with Crippen molar-refractivity contribution in [3.63, 3.8) is 0 Å². The van der Waals surface area contributed by atoms with Crippen molar-refractivity contribution in [1.29, 1.82) is 0 Å². The van der Waals surface area contributed by atoms with Crippen molar-refractivity contribution in [1.82, 2.24) is 4.90 Å². The summed E-state index contributed by atoms with van der Waals surface area (Å²) in [5.41, 5.74) is 7.41. The van der Waals surface area contributed by atoms with Gasteiger partial charge in [-0.15, -0.1) is 0 Å². The van der Waals surface area contributed by atoms with Crippen LogP contribution in [0.3, 0.4) is 0 Å². The molecule has 2 unspecified atom stereocenters. The topological polar surface area (TPSA) is 41.8 Å². The minimum atomic E-state index is 0. The first-order chi connectivity index (χ1) is 9.42. The Morgan fingerprint density at radius 3 is 1.95 bits per heavy atom. The van der Waals surface area contributed by atoms with Crippen LogP contribution >= 0.6 is 0 Å². The number of fused-ring (bicyclic) bond motifs is 1. The summed E-state index contributed by atoms with van der Waals surface area (Å²) in [4.78, 5) is 2.43. The Balaban J connectivity index is 0.000000393. The molecule has 0 aromatic rings. The second-order valence-electron chi connectivity index (χ2n) is 8.23. The van der Waals surface area contributed by atoms with Crippen molar-refractivity contribution in [2.24, 2.45) is 5.73 Å². The van der Waals surface area contributed by atoms with Crippen molar-refractivity contribution >= 4 is 0 Å². The molecule has 0 bridgehead atoms. The van der Waals surface area contributed by atoms with E-state index in [1.54, 1.807) is 0 Å². The maximum Gasteiger partial charge on any atom is 0.115 e. The van der Waals surface area contributed by atoms with Crippen LogP contribution in [0, 0.1) is 0 Å². The fraction of sp³-hybridized carbons (Fsp3) is 0.778. The average molecular weight is 358 g/mol. The van der Waals surface area contributed by atoms with Gasteiger partial charge < -0.3 is 10.5 Å². The van der Waals surface area contributed by atoms with E-state index in [0.717, 1.165) is 13.1 Å². The molecule has 2 rings (SSSR count).